The van der Waals surface area contributed by atoms with Gasteiger partial charge >= 0.3 is 0 Å². The predicted octanol–water partition coefficient (Wildman–Crippen LogP) is -2.22. The third kappa shape index (κ3) is 5.68. The van der Waals surface area contributed by atoms with E-state index in [-0.39, 0.29) is 18.7 Å². The molecule has 20 heavy (non-hydrogen) atoms. The predicted molar refractivity (Wildman–Crippen MR) is 68.6 cm³/mol. The van der Waals surface area contributed by atoms with E-state index in [4.69, 9.17) is 5.11 Å². The summed E-state index contributed by atoms with van der Waals surface area (Å²) < 4.78 is 0. The number of hydrogen-bond acceptors (Lipinski definition) is 5. The number of aliphatic carboxylic acids is 1. The van der Waals surface area contributed by atoms with Crippen molar-refractivity contribution < 1.29 is 30.2 Å². The van der Waals surface area contributed by atoms with Gasteiger partial charge in [0.15, 0.2) is 0 Å². The fourth-order valence-electron chi connectivity index (χ4n) is 1.62. The van der Waals surface area contributed by atoms with Crippen molar-refractivity contribution in [1.29, 1.82) is 0 Å². The Hall–Kier alpha value is -2.12. The van der Waals surface area contributed by atoms with Crippen LogP contribution < -0.4 is 15.7 Å². The van der Waals surface area contributed by atoms with Gasteiger partial charge in [0.1, 0.15) is 18.3 Å². The number of aliphatic hydroxyl groups excluding tert-OH is 1. The highest BCUT2D eigenvalue weighted by Crippen LogP contribution is 2.15. The highest BCUT2D eigenvalue weighted by molar-refractivity contribution is 5.93. The van der Waals surface area contributed by atoms with Crippen molar-refractivity contribution in [2.45, 2.75) is 25.5 Å². The van der Waals surface area contributed by atoms with E-state index in [0.29, 0.717) is 5.69 Å². The van der Waals surface area contributed by atoms with Crippen molar-refractivity contribution in [2.24, 2.45) is 0 Å². The first kappa shape index (κ1) is 15.9. The van der Waals surface area contributed by atoms with Crippen molar-refractivity contribution >= 4 is 17.6 Å². The van der Waals surface area contributed by atoms with Crippen LogP contribution in [-0.4, -0.2) is 40.8 Å². The molecule has 0 aromatic heterocycles. The molecule has 110 valence electrons. The van der Waals surface area contributed by atoms with E-state index in [1.54, 1.807) is 12.1 Å². The maximum Gasteiger partial charge on any atom is 0.230 e. The Morgan fingerprint density at radius 1 is 1.45 bits per heavy atom. The molecule has 1 rings (SSSR count). The van der Waals surface area contributed by atoms with Crippen molar-refractivity contribution in [2.75, 3.05) is 11.9 Å². The van der Waals surface area contributed by atoms with E-state index in [0.717, 1.165) is 0 Å². The molecule has 0 saturated heterocycles. The van der Waals surface area contributed by atoms with Crippen LogP contribution in [0.1, 0.15) is 13.3 Å². The smallest absolute Gasteiger partial charge is 0.230 e. The SMILES string of the molecule is C[C@H](O)C[NH2+][C@H](CC(=O)Nc1cccc(O)c1)C(=O)[O-]. The summed E-state index contributed by atoms with van der Waals surface area (Å²) >= 11 is 0. The molecule has 0 aliphatic heterocycles. The minimum atomic E-state index is -1.36. The van der Waals surface area contributed by atoms with Crippen LogP contribution in [-0.2, 0) is 9.59 Å². The average molecular weight is 282 g/mol. The van der Waals surface area contributed by atoms with Crippen LogP contribution in [0.25, 0.3) is 0 Å². The van der Waals surface area contributed by atoms with Crippen LogP contribution in [0.3, 0.4) is 0 Å². The van der Waals surface area contributed by atoms with Crippen LogP contribution in [0.2, 0.25) is 0 Å². The lowest BCUT2D eigenvalue weighted by Crippen LogP contribution is -2.94. The minimum Gasteiger partial charge on any atom is -0.544 e. The van der Waals surface area contributed by atoms with Gasteiger partial charge in [-0.15, -0.1) is 0 Å². The lowest BCUT2D eigenvalue weighted by atomic mass is 10.2. The second kappa shape index (κ2) is 7.46. The second-order valence-corrected chi connectivity index (χ2v) is 4.55. The van der Waals surface area contributed by atoms with Gasteiger partial charge in [-0.3, -0.25) is 4.79 Å². The maximum atomic E-state index is 11.7. The maximum absolute atomic E-state index is 11.7. The number of amides is 1. The average Bonchev–Trinajstić information content (AvgIpc) is 2.33. The highest BCUT2D eigenvalue weighted by atomic mass is 16.4. The number of carboxylic acid groups (broad SMARTS) is 1. The zero-order valence-electron chi connectivity index (χ0n) is 11.1. The number of carbonyl (C=O) groups is 2. The van der Waals surface area contributed by atoms with Gasteiger partial charge in [-0.2, -0.15) is 0 Å². The van der Waals surface area contributed by atoms with E-state index in [1.165, 1.54) is 24.4 Å². The topological polar surface area (TPSA) is 126 Å². The molecule has 1 aromatic rings. The normalized spacial score (nSPS) is 13.5. The molecule has 0 unspecified atom stereocenters. The molecule has 0 aliphatic carbocycles. The molecule has 0 saturated carbocycles. The van der Waals surface area contributed by atoms with Gasteiger partial charge in [0.05, 0.1) is 18.5 Å². The fourth-order valence-corrected chi connectivity index (χ4v) is 1.62. The quantitative estimate of drug-likeness (QED) is 0.451. The largest absolute Gasteiger partial charge is 0.544 e. The van der Waals surface area contributed by atoms with E-state index >= 15 is 0 Å². The number of aliphatic hydroxyl groups is 1. The first-order valence-electron chi connectivity index (χ1n) is 6.19. The number of carbonyl (C=O) groups excluding carboxylic acids is 2. The standard InChI is InChI=1S/C13H18N2O5/c1-8(16)7-14-11(13(19)20)6-12(18)15-9-3-2-4-10(17)5-9/h2-5,8,11,14,16-17H,6-7H2,1H3,(H,15,18)(H,19,20)/t8-,11+/m0/s1. The highest BCUT2D eigenvalue weighted by Gasteiger charge is 2.19. The van der Waals surface area contributed by atoms with Gasteiger partial charge in [-0.1, -0.05) is 6.07 Å². The van der Waals surface area contributed by atoms with Crippen LogP contribution in [0.5, 0.6) is 5.75 Å². The first-order valence-corrected chi connectivity index (χ1v) is 6.19. The van der Waals surface area contributed by atoms with Crippen molar-refractivity contribution in [3.63, 3.8) is 0 Å². The number of phenolic OH excluding ortho intramolecular Hbond substituents is 1. The Bertz CT molecular complexity index is 476. The van der Waals surface area contributed by atoms with Crippen LogP contribution in [0.15, 0.2) is 24.3 Å². The Balaban J connectivity index is 2.55. The number of hydrogen-bond donors (Lipinski definition) is 4. The summed E-state index contributed by atoms with van der Waals surface area (Å²) in [6.07, 6.45) is -0.962. The van der Waals surface area contributed by atoms with Gasteiger partial charge in [0.25, 0.3) is 0 Å². The van der Waals surface area contributed by atoms with E-state index in [2.05, 4.69) is 5.32 Å². The molecular weight excluding hydrogens is 264 g/mol. The summed E-state index contributed by atoms with van der Waals surface area (Å²) in [5.41, 5.74) is 0.377. The number of anilines is 1. The molecule has 5 N–H and O–H groups in total. The molecular formula is C13H18N2O5. The lowest BCUT2D eigenvalue weighted by molar-refractivity contribution is -0.687. The third-order valence-corrected chi connectivity index (χ3v) is 2.60. The number of phenols is 1. The Kier molecular flexibility index (Phi) is 5.95. The molecule has 0 heterocycles. The summed E-state index contributed by atoms with van der Waals surface area (Å²) in [6.45, 7) is 1.69. The zero-order valence-corrected chi connectivity index (χ0v) is 11.1. The second-order valence-electron chi connectivity index (χ2n) is 4.55. The number of rotatable bonds is 7. The molecule has 1 amide bonds. The van der Waals surface area contributed by atoms with Gasteiger partial charge < -0.3 is 30.7 Å². The Morgan fingerprint density at radius 3 is 2.70 bits per heavy atom. The zero-order chi connectivity index (χ0) is 15.1. The van der Waals surface area contributed by atoms with E-state index < -0.39 is 24.0 Å². The van der Waals surface area contributed by atoms with Gasteiger partial charge in [0.2, 0.25) is 5.91 Å². The fraction of sp³-hybridized carbons (Fsp3) is 0.385. The molecule has 0 radical (unpaired) electrons. The summed E-state index contributed by atoms with van der Waals surface area (Å²) in [5.74, 6) is -1.87. The molecule has 1 aromatic carbocycles. The molecule has 7 nitrogen and oxygen atoms in total. The van der Waals surface area contributed by atoms with E-state index in [9.17, 15) is 19.8 Å². The monoisotopic (exact) mass is 282 g/mol. The van der Waals surface area contributed by atoms with Crippen molar-refractivity contribution in [1.82, 2.24) is 0 Å². The van der Waals surface area contributed by atoms with Crippen LogP contribution >= 0.6 is 0 Å². The third-order valence-electron chi connectivity index (χ3n) is 2.60. The number of aromatic hydroxyl groups is 1. The van der Waals surface area contributed by atoms with Crippen molar-refractivity contribution in [3.05, 3.63) is 24.3 Å². The minimum absolute atomic E-state index is 0.0000750. The molecule has 0 bridgehead atoms. The Labute approximate surface area is 116 Å². The number of nitrogens with one attached hydrogen (secondary N) is 1. The van der Waals surface area contributed by atoms with Crippen LogP contribution in [0, 0.1) is 0 Å². The van der Waals surface area contributed by atoms with Gasteiger partial charge in [-0.25, -0.2) is 0 Å². The van der Waals surface area contributed by atoms with Gasteiger partial charge in [0, 0.05) is 11.8 Å². The van der Waals surface area contributed by atoms with Crippen molar-refractivity contribution in [3.8, 4) is 5.75 Å². The van der Waals surface area contributed by atoms with Crippen LogP contribution in [0.4, 0.5) is 5.69 Å². The summed E-state index contributed by atoms with van der Waals surface area (Å²) in [5, 5.41) is 33.1. The number of benzene rings is 1. The summed E-state index contributed by atoms with van der Waals surface area (Å²) in [6, 6.07) is 4.87. The molecule has 0 fully saturated rings. The molecule has 0 aliphatic rings. The molecule has 2 atom stereocenters. The molecule has 7 heteroatoms. The number of carboxylic acids is 1. The summed E-state index contributed by atoms with van der Waals surface area (Å²) in [4.78, 5) is 22.6. The lowest BCUT2D eigenvalue weighted by Gasteiger charge is -2.17. The molecule has 0 spiro atoms. The number of nitrogens with two attached hydrogens (primary N) is 1. The van der Waals surface area contributed by atoms with E-state index in [1.807, 2.05) is 0 Å². The number of quaternary nitrogens is 1. The first-order chi connectivity index (χ1) is 9.38. The Morgan fingerprint density at radius 2 is 2.15 bits per heavy atom. The summed E-state index contributed by atoms with van der Waals surface area (Å²) in [7, 11) is 0. The van der Waals surface area contributed by atoms with Gasteiger partial charge in [-0.05, 0) is 19.1 Å².